The number of rotatable bonds is 4. The molecule has 0 spiro atoms. The van der Waals surface area contributed by atoms with E-state index in [4.69, 9.17) is 10.5 Å². The van der Waals surface area contributed by atoms with Crippen LogP contribution in [0.3, 0.4) is 0 Å². The molecule has 0 aromatic heterocycles. The second-order valence-corrected chi connectivity index (χ2v) is 7.22. The van der Waals surface area contributed by atoms with Crippen molar-refractivity contribution >= 4 is 17.7 Å². The number of ether oxygens (including phenoxy) is 1. The SMILES string of the molecule is CC(C)(C)SCC(N)C(=O)OC1CCCC1. The zero-order valence-electron chi connectivity index (χ0n) is 10.5. The highest BCUT2D eigenvalue weighted by molar-refractivity contribution is 8.00. The van der Waals surface area contributed by atoms with E-state index in [-0.39, 0.29) is 16.8 Å². The van der Waals surface area contributed by atoms with Crippen molar-refractivity contribution in [3.63, 3.8) is 0 Å². The molecule has 16 heavy (non-hydrogen) atoms. The van der Waals surface area contributed by atoms with Crippen molar-refractivity contribution in [2.24, 2.45) is 5.73 Å². The minimum absolute atomic E-state index is 0.123. The van der Waals surface area contributed by atoms with Crippen molar-refractivity contribution in [2.75, 3.05) is 5.75 Å². The summed E-state index contributed by atoms with van der Waals surface area (Å²) >= 11 is 1.70. The summed E-state index contributed by atoms with van der Waals surface area (Å²) in [7, 11) is 0. The Morgan fingerprint density at radius 3 is 2.50 bits per heavy atom. The topological polar surface area (TPSA) is 52.3 Å². The normalized spacial score (nSPS) is 19.8. The maximum absolute atomic E-state index is 11.7. The zero-order chi connectivity index (χ0) is 12.2. The van der Waals surface area contributed by atoms with Crippen LogP contribution in [-0.2, 0) is 9.53 Å². The minimum Gasteiger partial charge on any atom is -0.461 e. The van der Waals surface area contributed by atoms with E-state index in [1.165, 1.54) is 12.8 Å². The molecule has 1 aliphatic carbocycles. The fourth-order valence-corrected chi connectivity index (χ4v) is 2.48. The highest BCUT2D eigenvalue weighted by Gasteiger charge is 2.24. The summed E-state index contributed by atoms with van der Waals surface area (Å²) in [4.78, 5) is 11.7. The lowest BCUT2D eigenvalue weighted by Crippen LogP contribution is -2.37. The van der Waals surface area contributed by atoms with Crippen molar-refractivity contribution in [3.05, 3.63) is 0 Å². The average Bonchev–Trinajstić information content (AvgIpc) is 2.65. The largest absolute Gasteiger partial charge is 0.461 e. The molecule has 1 saturated carbocycles. The van der Waals surface area contributed by atoms with Crippen LogP contribution in [0.15, 0.2) is 0 Å². The van der Waals surface area contributed by atoms with Crippen molar-refractivity contribution in [1.29, 1.82) is 0 Å². The van der Waals surface area contributed by atoms with E-state index in [0.29, 0.717) is 5.75 Å². The van der Waals surface area contributed by atoms with E-state index in [1.807, 2.05) is 0 Å². The Bertz CT molecular complexity index is 232. The third-order valence-electron chi connectivity index (χ3n) is 2.58. The van der Waals surface area contributed by atoms with Crippen LogP contribution in [-0.4, -0.2) is 28.6 Å². The molecule has 0 amide bonds. The molecule has 4 heteroatoms. The number of nitrogens with two attached hydrogens (primary N) is 1. The van der Waals surface area contributed by atoms with Crippen molar-refractivity contribution < 1.29 is 9.53 Å². The lowest BCUT2D eigenvalue weighted by molar-refractivity contribution is -0.149. The first-order valence-corrected chi connectivity index (χ1v) is 6.97. The van der Waals surface area contributed by atoms with Crippen LogP contribution in [0.1, 0.15) is 46.5 Å². The molecule has 0 saturated heterocycles. The van der Waals surface area contributed by atoms with E-state index in [1.54, 1.807) is 11.8 Å². The molecule has 1 aliphatic rings. The number of hydrogen-bond donors (Lipinski definition) is 1. The Morgan fingerprint density at radius 1 is 1.44 bits per heavy atom. The van der Waals surface area contributed by atoms with Crippen LogP contribution in [0.25, 0.3) is 0 Å². The van der Waals surface area contributed by atoms with Gasteiger partial charge in [-0.25, -0.2) is 0 Å². The van der Waals surface area contributed by atoms with Gasteiger partial charge in [0, 0.05) is 10.5 Å². The standard InChI is InChI=1S/C12H23NO2S/c1-12(2,3)16-8-10(13)11(14)15-9-6-4-5-7-9/h9-10H,4-8,13H2,1-3H3. The Balaban J connectivity index is 2.24. The first-order valence-electron chi connectivity index (χ1n) is 5.98. The minimum atomic E-state index is -0.482. The maximum atomic E-state index is 11.7. The lowest BCUT2D eigenvalue weighted by atomic mass is 10.3. The van der Waals surface area contributed by atoms with Gasteiger partial charge in [0.15, 0.2) is 0 Å². The third-order valence-corrected chi connectivity index (χ3v) is 3.98. The number of esters is 1. The van der Waals surface area contributed by atoms with Gasteiger partial charge in [-0.05, 0) is 25.7 Å². The molecule has 3 nitrogen and oxygen atoms in total. The van der Waals surface area contributed by atoms with E-state index >= 15 is 0 Å². The number of hydrogen-bond acceptors (Lipinski definition) is 4. The number of carbonyl (C=O) groups is 1. The van der Waals surface area contributed by atoms with E-state index < -0.39 is 6.04 Å². The second-order valence-electron chi connectivity index (χ2n) is 5.37. The molecular weight excluding hydrogens is 222 g/mol. The van der Waals surface area contributed by atoms with Gasteiger partial charge in [0.1, 0.15) is 12.1 Å². The fourth-order valence-electron chi connectivity index (χ4n) is 1.67. The van der Waals surface area contributed by atoms with Gasteiger partial charge in [0.05, 0.1) is 0 Å². The molecule has 1 rings (SSSR count). The van der Waals surface area contributed by atoms with E-state index in [2.05, 4.69) is 20.8 Å². The molecule has 0 radical (unpaired) electrons. The summed E-state index contributed by atoms with van der Waals surface area (Å²) in [5.74, 6) is 0.401. The van der Waals surface area contributed by atoms with Crippen molar-refractivity contribution in [2.45, 2.75) is 63.3 Å². The molecular formula is C12H23NO2S. The van der Waals surface area contributed by atoms with Gasteiger partial charge in [0.2, 0.25) is 0 Å². The van der Waals surface area contributed by atoms with Crippen molar-refractivity contribution in [3.8, 4) is 0 Å². The summed E-state index contributed by atoms with van der Waals surface area (Å²) in [5, 5.41) is 0. The van der Waals surface area contributed by atoms with Gasteiger partial charge >= 0.3 is 5.97 Å². The van der Waals surface area contributed by atoms with Gasteiger partial charge in [0.25, 0.3) is 0 Å². The molecule has 0 heterocycles. The van der Waals surface area contributed by atoms with Crippen molar-refractivity contribution in [1.82, 2.24) is 0 Å². The summed E-state index contributed by atoms with van der Waals surface area (Å²) in [5.41, 5.74) is 5.81. The fraction of sp³-hybridized carbons (Fsp3) is 0.917. The summed E-state index contributed by atoms with van der Waals surface area (Å²) in [6, 6.07) is -0.482. The number of carbonyl (C=O) groups excluding carboxylic acids is 1. The second kappa shape index (κ2) is 5.92. The van der Waals surface area contributed by atoms with Gasteiger partial charge in [-0.2, -0.15) is 11.8 Å². The smallest absolute Gasteiger partial charge is 0.324 e. The van der Waals surface area contributed by atoms with Crippen LogP contribution in [0.4, 0.5) is 0 Å². The van der Waals surface area contributed by atoms with E-state index in [9.17, 15) is 4.79 Å². The quantitative estimate of drug-likeness (QED) is 0.772. The molecule has 0 aliphatic heterocycles. The molecule has 1 atom stereocenters. The van der Waals surface area contributed by atoms with E-state index in [0.717, 1.165) is 12.8 Å². The Kier molecular flexibility index (Phi) is 5.12. The third kappa shape index (κ3) is 5.21. The highest BCUT2D eigenvalue weighted by atomic mass is 32.2. The predicted molar refractivity (Wildman–Crippen MR) is 68.5 cm³/mol. The summed E-state index contributed by atoms with van der Waals surface area (Å²) in [6.07, 6.45) is 4.47. The lowest BCUT2D eigenvalue weighted by Gasteiger charge is -2.21. The zero-order valence-corrected chi connectivity index (χ0v) is 11.3. The monoisotopic (exact) mass is 245 g/mol. The Hall–Kier alpha value is -0.220. The predicted octanol–water partition coefficient (Wildman–Crippen LogP) is 2.33. The summed E-state index contributed by atoms with van der Waals surface area (Å²) in [6.45, 7) is 6.35. The molecule has 2 N–H and O–H groups in total. The molecule has 0 bridgehead atoms. The van der Waals surface area contributed by atoms with Gasteiger partial charge in [-0.1, -0.05) is 20.8 Å². The Labute approximate surface area is 102 Å². The first kappa shape index (κ1) is 13.8. The number of thioether (sulfide) groups is 1. The van der Waals surface area contributed by atoms with Crippen LogP contribution >= 0.6 is 11.8 Å². The average molecular weight is 245 g/mol. The van der Waals surface area contributed by atoms with Gasteiger partial charge in [-0.15, -0.1) is 0 Å². The molecule has 0 aromatic carbocycles. The van der Waals surface area contributed by atoms with Gasteiger partial charge < -0.3 is 10.5 Å². The molecule has 94 valence electrons. The van der Waals surface area contributed by atoms with Crippen LogP contribution in [0.5, 0.6) is 0 Å². The first-order chi connectivity index (χ1) is 7.38. The maximum Gasteiger partial charge on any atom is 0.324 e. The molecule has 1 fully saturated rings. The summed E-state index contributed by atoms with van der Waals surface area (Å²) < 4.78 is 5.51. The molecule has 1 unspecified atom stereocenters. The van der Waals surface area contributed by atoms with Crippen LogP contribution < -0.4 is 5.73 Å². The Morgan fingerprint density at radius 2 is 2.00 bits per heavy atom. The molecule has 0 aromatic rings. The van der Waals surface area contributed by atoms with Crippen LogP contribution in [0, 0.1) is 0 Å². The van der Waals surface area contributed by atoms with Gasteiger partial charge in [-0.3, -0.25) is 4.79 Å². The van der Waals surface area contributed by atoms with Crippen LogP contribution in [0.2, 0.25) is 0 Å². The highest BCUT2D eigenvalue weighted by Crippen LogP contribution is 2.25.